The van der Waals surface area contributed by atoms with Gasteiger partial charge in [0.25, 0.3) is 0 Å². The molecule has 0 spiro atoms. The quantitative estimate of drug-likeness (QED) is 0.878. The third-order valence-corrected chi connectivity index (χ3v) is 4.72. The molecular weight excluding hydrogens is 238 g/mol. The van der Waals surface area contributed by atoms with Crippen molar-refractivity contribution in [3.63, 3.8) is 0 Å². The van der Waals surface area contributed by atoms with E-state index >= 15 is 0 Å². The van der Waals surface area contributed by atoms with Gasteiger partial charge in [0.2, 0.25) is 0 Å². The molecule has 0 aliphatic heterocycles. The lowest BCUT2D eigenvalue weighted by Crippen LogP contribution is -2.07. The molecule has 3 rings (SSSR count). The topological polar surface area (TPSA) is 12.0 Å². The molecule has 2 heteroatoms. The molecule has 1 aromatic carbocycles. The second-order valence-corrected chi connectivity index (χ2v) is 6.36. The first-order valence-electron chi connectivity index (χ1n) is 6.64. The SMILES string of the molecule is CNCc1cc2c(cc1-c1ccc(C)s1)CCC2. The van der Waals surface area contributed by atoms with Crippen molar-refractivity contribution in [1.29, 1.82) is 0 Å². The van der Waals surface area contributed by atoms with E-state index < -0.39 is 0 Å². The van der Waals surface area contributed by atoms with Crippen LogP contribution in [0.2, 0.25) is 0 Å². The zero-order valence-corrected chi connectivity index (χ0v) is 11.9. The molecule has 0 fully saturated rings. The van der Waals surface area contributed by atoms with Crippen LogP contribution in [0.1, 0.15) is 28.0 Å². The van der Waals surface area contributed by atoms with Crippen molar-refractivity contribution in [3.8, 4) is 10.4 Å². The molecule has 2 aromatic rings. The molecule has 1 nitrogen and oxygen atoms in total. The summed E-state index contributed by atoms with van der Waals surface area (Å²) < 4.78 is 0. The fourth-order valence-corrected chi connectivity index (χ4v) is 3.74. The lowest BCUT2D eigenvalue weighted by atomic mass is 9.99. The Balaban J connectivity index is 2.11. The summed E-state index contributed by atoms with van der Waals surface area (Å²) in [7, 11) is 2.02. The molecule has 0 saturated heterocycles. The number of hydrogen-bond acceptors (Lipinski definition) is 2. The molecule has 0 atom stereocenters. The van der Waals surface area contributed by atoms with Crippen molar-refractivity contribution in [2.45, 2.75) is 32.7 Å². The number of benzene rings is 1. The highest BCUT2D eigenvalue weighted by molar-refractivity contribution is 7.15. The van der Waals surface area contributed by atoms with E-state index in [1.807, 2.05) is 18.4 Å². The molecule has 0 bridgehead atoms. The third kappa shape index (κ3) is 2.11. The summed E-state index contributed by atoms with van der Waals surface area (Å²) in [5.74, 6) is 0. The Morgan fingerprint density at radius 2 is 1.94 bits per heavy atom. The van der Waals surface area contributed by atoms with E-state index in [2.05, 4.69) is 36.5 Å². The van der Waals surface area contributed by atoms with Crippen LogP contribution in [0.3, 0.4) is 0 Å². The van der Waals surface area contributed by atoms with Crippen LogP contribution in [0.25, 0.3) is 10.4 Å². The summed E-state index contributed by atoms with van der Waals surface area (Å²) in [6, 6.07) is 9.33. The third-order valence-electron chi connectivity index (χ3n) is 3.69. The van der Waals surface area contributed by atoms with Crippen molar-refractivity contribution in [3.05, 3.63) is 45.8 Å². The average molecular weight is 257 g/mol. The van der Waals surface area contributed by atoms with Crippen LogP contribution in [-0.4, -0.2) is 7.05 Å². The maximum Gasteiger partial charge on any atom is 0.0348 e. The van der Waals surface area contributed by atoms with Crippen molar-refractivity contribution in [1.82, 2.24) is 5.32 Å². The molecule has 1 aliphatic carbocycles. The highest BCUT2D eigenvalue weighted by atomic mass is 32.1. The minimum absolute atomic E-state index is 0.958. The van der Waals surface area contributed by atoms with Gasteiger partial charge < -0.3 is 5.32 Å². The van der Waals surface area contributed by atoms with Crippen molar-refractivity contribution >= 4 is 11.3 Å². The molecule has 18 heavy (non-hydrogen) atoms. The average Bonchev–Trinajstić information content (AvgIpc) is 2.96. The van der Waals surface area contributed by atoms with Gasteiger partial charge in [-0.25, -0.2) is 0 Å². The number of hydrogen-bond donors (Lipinski definition) is 1. The highest BCUT2D eigenvalue weighted by Crippen LogP contribution is 2.35. The first-order chi connectivity index (χ1) is 8.78. The zero-order valence-electron chi connectivity index (χ0n) is 11.0. The smallest absolute Gasteiger partial charge is 0.0348 e. The summed E-state index contributed by atoms with van der Waals surface area (Å²) >= 11 is 1.90. The molecule has 1 aliphatic rings. The molecule has 94 valence electrons. The summed E-state index contributed by atoms with van der Waals surface area (Å²) in [5, 5.41) is 3.30. The van der Waals surface area contributed by atoms with Crippen LogP contribution in [0.4, 0.5) is 0 Å². The predicted octanol–water partition coefficient (Wildman–Crippen LogP) is 3.93. The monoisotopic (exact) mass is 257 g/mol. The second-order valence-electron chi connectivity index (χ2n) is 5.07. The molecule has 1 aromatic heterocycles. The maximum absolute atomic E-state index is 3.30. The van der Waals surface area contributed by atoms with Crippen molar-refractivity contribution in [2.24, 2.45) is 0 Å². The van der Waals surface area contributed by atoms with E-state index in [9.17, 15) is 0 Å². The Morgan fingerprint density at radius 3 is 2.61 bits per heavy atom. The number of aryl methyl sites for hydroxylation is 3. The van der Waals surface area contributed by atoms with E-state index in [1.54, 1.807) is 11.1 Å². The Hall–Kier alpha value is -1.12. The van der Waals surface area contributed by atoms with Crippen LogP contribution >= 0.6 is 11.3 Å². The molecular formula is C16H19NS. The standard InChI is InChI=1S/C16H19NS/c1-11-6-7-16(18-11)15-9-13-5-3-4-12(13)8-14(15)10-17-2/h6-9,17H,3-5,10H2,1-2H3. The van der Waals surface area contributed by atoms with Gasteiger partial charge in [-0.05, 0) is 73.7 Å². The molecule has 0 saturated carbocycles. The van der Waals surface area contributed by atoms with Gasteiger partial charge in [0, 0.05) is 16.3 Å². The van der Waals surface area contributed by atoms with Gasteiger partial charge in [-0.1, -0.05) is 6.07 Å². The lowest BCUT2D eigenvalue weighted by molar-refractivity contribution is 0.818. The van der Waals surface area contributed by atoms with Gasteiger partial charge in [-0.2, -0.15) is 0 Å². The molecule has 1 N–H and O–H groups in total. The lowest BCUT2D eigenvalue weighted by Gasteiger charge is -2.11. The normalized spacial score (nSPS) is 13.9. The Kier molecular flexibility index (Phi) is 3.23. The van der Waals surface area contributed by atoms with Gasteiger partial charge >= 0.3 is 0 Å². The number of rotatable bonds is 3. The Bertz CT molecular complexity index is 568. The molecule has 0 radical (unpaired) electrons. The fourth-order valence-electron chi connectivity index (χ4n) is 2.82. The summed E-state index contributed by atoms with van der Waals surface area (Å²) in [6.07, 6.45) is 3.84. The minimum Gasteiger partial charge on any atom is -0.316 e. The largest absolute Gasteiger partial charge is 0.316 e. The summed E-state index contributed by atoms with van der Waals surface area (Å²) in [5.41, 5.74) is 6.01. The first kappa shape index (κ1) is 11.9. The minimum atomic E-state index is 0.958. The van der Waals surface area contributed by atoms with Crippen LogP contribution in [0, 0.1) is 6.92 Å². The first-order valence-corrected chi connectivity index (χ1v) is 7.45. The molecule has 0 unspecified atom stereocenters. The van der Waals surface area contributed by atoms with Crippen molar-refractivity contribution < 1.29 is 0 Å². The van der Waals surface area contributed by atoms with E-state index in [0.29, 0.717) is 0 Å². The highest BCUT2D eigenvalue weighted by Gasteiger charge is 2.16. The van der Waals surface area contributed by atoms with E-state index in [1.165, 1.54) is 40.1 Å². The summed E-state index contributed by atoms with van der Waals surface area (Å²) in [4.78, 5) is 2.80. The maximum atomic E-state index is 3.30. The fraction of sp³-hybridized carbons (Fsp3) is 0.375. The number of fused-ring (bicyclic) bond motifs is 1. The van der Waals surface area contributed by atoms with Crippen LogP contribution in [0.15, 0.2) is 24.3 Å². The molecule has 1 heterocycles. The number of thiophene rings is 1. The van der Waals surface area contributed by atoms with Gasteiger partial charge in [0.1, 0.15) is 0 Å². The molecule has 0 amide bonds. The van der Waals surface area contributed by atoms with E-state index in [-0.39, 0.29) is 0 Å². The van der Waals surface area contributed by atoms with Crippen LogP contribution in [-0.2, 0) is 19.4 Å². The summed E-state index contributed by atoms with van der Waals surface area (Å²) in [6.45, 7) is 3.14. The van der Waals surface area contributed by atoms with E-state index in [4.69, 9.17) is 0 Å². The second kappa shape index (κ2) is 4.87. The van der Waals surface area contributed by atoms with Gasteiger partial charge in [-0.3, -0.25) is 0 Å². The Morgan fingerprint density at radius 1 is 1.17 bits per heavy atom. The van der Waals surface area contributed by atoms with Crippen LogP contribution < -0.4 is 5.32 Å². The zero-order chi connectivity index (χ0) is 12.5. The number of nitrogens with one attached hydrogen (secondary N) is 1. The van der Waals surface area contributed by atoms with Crippen molar-refractivity contribution in [2.75, 3.05) is 7.05 Å². The van der Waals surface area contributed by atoms with Gasteiger partial charge in [0.05, 0.1) is 0 Å². The van der Waals surface area contributed by atoms with Gasteiger partial charge in [0.15, 0.2) is 0 Å². The van der Waals surface area contributed by atoms with Crippen LogP contribution in [0.5, 0.6) is 0 Å². The Labute approximate surface area is 113 Å². The van der Waals surface area contributed by atoms with E-state index in [0.717, 1.165) is 6.54 Å². The van der Waals surface area contributed by atoms with Gasteiger partial charge in [-0.15, -0.1) is 11.3 Å². The predicted molar refractivity (Wildman–Crippen MR) is 79.3 cm³/mol.